The van der Waals surface area contributed by atoms with E-state index >= 15 is 0 Å². The third kappa shape index (κ3) is 3.36. The van der Waals surface area contributed by atoms with Crippen molar-refractivity contribution in [2.24, 2.45) is 11.8 Å². The van der Waals surface area contributed by atoms with Gasteiger partial charge in [-0.2, -0.15) is 0 Å². The first-order chi connectivity index (χ1) is 10.2. The smallest absolute Gasteiger partial charge is 0.237 e. The lowest BCUT2D eigenvalue weighted by Crippen LogP contribution is -2.50. The Morgan fingerprint density at radius 2 is 1.71 bits per heavy atom. The van der Waals surface area contributed by atoms with Gasteiger partial charge in [0.05, 0.1) is 18.8 Å². The van der Waals surface area contributed by atoms with Crippen LogP contribution < -0.4 is 11.3 Å². The van der Waals surface area contributed by atoms with Crippen molar-refractivity contribution in [3.8, 4) is 0 Å². The summed E-state index contributed by atoms with van der Waals surface area (Å²) < 4.78 is 5.78. The molecule has 2 unspecified atom stereocenters. The zero-order valence-electron chi connectivity index (χ0n) is 12.3. The zero-order chi connectivity index (χ0) is 14.8. The minimum Gasteiger partial charge on any atom is -0.372 e. The van der Waals surface area contributed by atoms with Crippen LogP contribution in [-0.2, 0) is 14.3 Å². The number of amides is 2. The molecule has 0 aromatic heterocycles. The molecule has 7 nitrogen and oxygen atoms in total. The van der Waals surface area contributed by atoms with Crippen LogP contribution in [-0.4, -0.2) is 66.5 Å². The second-order valence-electron chi connectivity index (χ2n) is 6.32. The summed E-state index contributed by atoms with van der Waals surface area (Å²) in [5.41, 5.74) is 2.20. The van der Waals surface area contributed by atoms with Crippen molar-refractivity contribution >= 4 is 11.8 Å². The standard InChI is InChI=1S/C14H24N4O3/c15-16-14(20)10-3-5-18(6-4-10)13(19)9-17-7-11-1-2-12(8-17)21-11/h10-12H,1-9,15H2,(H,16,20). The second kappa shape index (κ2) is 6.29. The molecule has 3 fully saturated rings. The topological polar surface area (TPSA) is 87.9 Å². The number of rotatable bonds is 3. The highest BCUT2D eigenvalue weighted by Gasteiger charge is 2.35. The van der Waals surface area contributed by atoms with Gasteiger partial charge in [0.1, 0.15) is 0 Å². The Labute approximate surface area is 124 Å². The molecule has 0 spiro atoms. The number of hydrogen-bond donors (Lipinski definition) is 2. The number of nitrogens with zero attached hydrogens (tertiary/aromatic N) is 2. The van der Waals surface area contributed by atoms with Gasteiger partial charge in [0.2, 0.25) is 11.8 Å². The van der Waals surface area contributed by atoms with E-state index in [2.05, 4.69) is 10.3 Å². The largest absolute Gasteiger partial charge is 0.372 e. The van der Waals surface area contributed by atoms with E-state index in [1.54, 1.807) is 0 Å². The van der Waals surface area contributed by atoms with Crippen LogP contribution in [0, 0.1) is 5.92 Å². The first kappa shape index (κ1) is 14.7. The number of nitrogens with two attached hydrogens (primary N) is 1. The van der Waals surface area contributed by atoms with E-state index in [0.717, 1.165) is 25.9 Å². The number of fused-ring (bicyclic) bond motifs is 2. The number of carbonyl (C=O) groups excluding carboxylic acids is 2. The van der Waals surface area contributed by atoms with E-state index in [4.69, 9.17) is 10.6 Å². The summed E-state index contributed by atoms with van der Waals surface area (Å²) >= 11 is 0. The Bertz CT molecular complexity index is 397. The Balaban J connectivity index is 1.45. The monoisotopic (exact) mass is 296 g/mol. The summed E-state index contributed by atoms with van der Waals surface area (Å²) in [6, 6.07) is 0. The van der Waals surface area contributed by atoms with Gasteiger partial charge in [-0.25, -0.2) is 5.84 Å². The molecule has 2 bridgehead atoms. The second-order valence-corrected chi connectivity index (χ2v) is 6.32. The summed E-state index contributed by atoms with van der Waals surface area (Å²) in [5.74, 6) is 5.15. The van der Waals surface area contributed by atoms with Crippen molar-refractivity contribution in [2.75, 3.05) is 32.7 Å². The molecule has 7 heteroatoms. The SMILES string of the molecule is NNC(=O)C1CCN(C(=O)CN2CC3CCC(C2)O3)CC1. The molecular formula is C14H24N4O3. The van der Waals surface area contributed by atoms with Crippen LogP contribution >= 0.6 is 0 Å². The Hall–Kier alpha value is -1.18. The number of carbonyl (C=O) groups is 2. The number of nitrogens with one attached hydrogen (secondary N) is 1. The highest BCUT2D eigenvalue weighted by atomic mass is 16.5. The minimum absolute atomic E-state index is 0.0571. The lowest BCUT2D eigenvalue weighted by Gasteiger charge is -2.35. The lowest BCUT2D eigenvalue weighted by atomic mass is 9.96. The number of hydrogen-bond acceptors (Lipinski definition) is 5. The fourth-order valence-corrected chi connectivity index (χ4v) is 3.63. The summed E-state index contributed by atoms with van der Waals surface area (Å²) in [7, 11) is 0. The maximum Gasteiger partial charge on any atom is 0.237 e. The van der Waals surface area contributed by atoms with Crippen molar-refractivity contribution in [3.63, 3.8) is 0 Å². The molecule has 3 aliphatic heterocycles. The minimum atomic E-state index is -0.119. The first-order valence-electron chi connectivity index (χ1n) is 7.81. The van der Waals surface area contributed by atoms with Crippen molar-refractivity contribution in [2.45, 2.75) is 37.9 Å². The van der Waals surface area contributed by atoms with Gasteiger partial charge in [-0.05, 0) is 25.7 Å². The molecule has 0 aromatic rings. The number of morpholine rings is 1. The van der Waals surface area contributed by atoms with E-state index in [9.17, 15) is 9.59 Å². The molecule has 0 aliphatic carbocycles. The number of piperidine rings is 1. The van der Waals surface area contributed by atoms with Crippen LogP contribution in [0.2, 0.25) is 0 Å². The van der Waals surface area contributed by atoms with Gasteiger partial charge in [0.25, 0.3) is 0 Å². The lowest BCUT2D eigenvalue weighted by molar-refractivity contribution is -0.138. The molecule has 118 valence electrons. The Morgan fingerprint density at radius 3 is 2.29 bits per heavy atom. The van der Waals surface area contributed by atoms with Crippen LogP contribution in [0.1, 0.15) is 25.7 Å². The number of ether oxygens (including phenoxy) is 1. The molecule has 2 amide bonds. The van der Waals surface area contributed by atoms with E-state index in [1.807, 2.05) is 4.90 Å². The molecule has 3 N–H and O–H groups in total. The molecular weight excluding hydrogens is 272 g/mol. The van der Waals surface area contributed by atoms with Crippen molar-refractivity contribution in [3.05, 3.63) is 0 Å². The molecule has 3 heterocycles. The van der Waals surface area contributed by atoms with Crippen molar-refractivity contribution in [1.82, 2.24) is 15.2 Å². The average molecular weight is 296 g/mol. The third-order valence-electron chi connectivity index (χ3n) is 4.84. The summed E-state index contributed by atoms with van der Waals surface area (Å²) in [4.78, 5) is 27.9. The average Bonchev–Trinajstić information content (AvgIpc) is 2.85. The predicted octanol–water partition coefficient (Wildman–Crippen LogP) is -0.922. The summed E-state index contributed by atoms with van der Waals surface area (Å²) in [6.07, 6.45) is 4.27. The zero-order valence-corrected chi connectivity index (χ0v) is 12.3. The van der Waals surface area contributed by atoms with E-state index < -0.39 is 0 Å². The Morgan fingerprint density at radius 1 is 1.10 bits per heavy atom. The highest BCUT2D eigenvalue weighted by Crippen LogP contribution is 2.26. The van der Waals surface area contributed by atoms with Gasteiger partial charge in [-0.3, -0.25) is 19.9 Å². The van der Waals surface area contributed by atoms with E-state index in [-0.39, 0.29) is 17.7 Å². The summed E-state index contributed by atoms with van der Waals surface area (Å²) in [6.45, 7) is 3.51. The number of likely N-dealkylation sites (tertiary alicyclic amines) is 2. The van der Waals surface area contributed by atoms with Crippen LogP contribution in [0.5, 0.6) is 0 Å². The van der Waals surface area contributed by atoms with E-state index in [1.165, 1.54) is 0 Å². The number of hydrazine groups is 1. The van der Waals surface area contributed by atoms with Crippen molar-refractivity contribution < 1.29 is 14.3 Å². The molecule has 0 aromatic carbocycles. The molecule has 3 aliphatic rings. The van der Waals surface area contributed by atoms with Crippen LogP contribution in [0.3, 0.4) is 0 Å². The molecule has 3 saturated heterocycles. The maximum atomic E-state index is 12.4. The van der Waals surface area contributed by atoms with Crippen LogP contribution in [0.25, 0.3) is 0 Å². The molecule has 2 atom stereocenters. The van der Waals surface area contributed by atoms with Crippen LogP contribution in [0.4, 0.5) is 0 Å². The highest BCUT2D eigenvalue weighted by molar-refractivity contribution is 5.80. The third-order valence-corrected chi connectivity index (χ3v) is 4.84. The van der Waals surface area contributed by atoms with Gasteiger partial charge in [-0.15, -0.1) is 0 Å². The predicted molar refractivity (Wildman–Crippen MR) is 76.0 cm³/mol. The molecule has 3 rings (SSSR count). The van der Waals surface area contributed by atoms with Gasteiger partial charge < -0.3 is 9.64 Å². The van der Waals surface area contributed by atoms with Crippen LogP contribution in [0.15, 0.2) is 0 Å². The maximum absolute atomic E-state index is 12.4. The molecule has 0 radical (unpaired) electrons. The van der Waals surface area contributed by atoms with Gasteiger partial charge in [0.15, 0.2) is 0 Å². The normalized spacial score (nSPS) is 30.4. The summed E-state index contributed by atoms with van der Waals surface area (Å²) in [5, 5.41) is 0. The molecule has 21 heavy (non-hydrogen) atoms. The first-order valence-corrected chi connectivity index (χ1v) is 7.81. The van der Waals surface area contributed by atoms with Gasteiger partial charge >= 0.3 is 0 Å². The van der Waals surface area contributed by atoms with Gasteiger partial charge in [-0.1, -0.05) is 0 Å². The fraction of sp³-hybridized carbons (Fsp3) is 0.857. The molecule has 0 saturated carbocycles. The van der Waals surface area contributed by atoms with Crippen molar-refractivity contribution in [1.29, 1.82) is 0 Å². The Kier molecular flexibility index (Phi) is 4.42. The van der Waals surface area contributed by atoms with Gasteiger partial charge in [0, 0.05) is 32.1 Å². The fourth-order valence-electron chi connectivity index (χ4n) is 3.63. The quantitative estimate of drug-likeness (QED) is 0.399. The van der Waals surface area contributed by atoms with E-state index in [0.29, 0.717) is 44.7 Å².